The molecule has 80 heavy (non-hydrogen) atoms. The van der Waals surface area contributed by atoms with Crippen LogP contribution in [0.15, 0.2) is 36.7 Å². The highest BCUT2D eigenvalue weighted by Crippen LogP contribution is 2.53. The minimum absolute atomic E-state index is 0.0116. The Morgan fingerprint density at radius 2 is 1.24 bits per heavy atom. The molecule has 0 bridgehead atoms. The van der Waals surface area contributed by atoms with Crippen molar-refractivity contribution in [1.82, 2.24) is 29.1 Å². The van der Waals surface area contributed by atoms with Gasteiger partial charge >= 0.3 is 11.4 Å². The van der Waals surface area contributed by atoms with Gasteiger partial charge in [-0.25, -0.2) is 20.8 Å². The van der Waals surface area contributed by atoms with Gasteiger partial charge in [0.1, 0.15) is 68.4 Å². The van der Waals surface area contributed by atoms with Gasteiger partial charge in [0.2, 0.25) is 6.54 Å². The van der Waals surface area contributed by atoms with Gasteiger partial charge in [0.25, 0.3) is 19.6 Å². The predicted octanol–water partition coefficient (Wildman–Crippen LogP) is 5.09. The topological polar surface area (TPSA) is 325 Å². The van der Waals surface area contributed by atoms with Gasteiger partial charge < -0.3 is 71.3 Å². The molecule has 0 spiro atoms. The zero-order valence-electron chi connectivity index (χ0n) is 49.5. The van der Waals surface area contributed by atoms with Crippen LogP contribution in [0.2, 0.25) is 0 Å². The van der Waals surface area contributed by atoms with Gasteiger partial charge in [-0.05, 0) is 92.6 Å². The molecular weight excluding hydrogens is 1110 g/mol. The lowest BCUT2D eigenvalue weighted by molar-refractivity contribution is -0.115. The number of hydrogen-bond donors (Lipinski definition) is 4. The highest BCUT2D eigenvalue weighted by Gasteiger charge is 2.56. The maximum atomic E-state index is 13.7. The van der Waals surface area contributed by atoms with Gasteiger partial charge in [-0.3, -0.25) is 28.7 Å². The third-order valence-corrected chi connectivity index (χ3v) is 18.3. The third-order valence-electron chi connectivity index (χ3n) is 12.6. The smallest absolute Gasteiger partial charge is 0.330 e. The van der Waals surface area contributed by atoms with E-state index in [2.05, 4.69) is 34.8 Å². The Morgan fingerprint density at radius 1 is 0.762 bits per heavy atom. The molecule has 2 aliphatic heterocycles. The van der Waals surface area contributed by atoms with E-state index in [-0.39, 0.29) is 75.7 Å². The summed E-state index contributed by atoms with van der Waals surface area (Å²) in [6, 6.07) is 0.0231. The molecule has 2 aromatic heterocycles. The minimum atomic E-state index is -3.06. The number of azide groups is 1. The van der Waals surface area contributed by atoms with E-state index in [1.165, 1.54) is 44.3 Å². The number of ether oxygens (including phenoxy) is 8. The molecule has 0 aromatic carbocycles. The van der Waals surface area contributed by atoms with Gasteiger partial charge in [0.15, 0.2) is 12.5 Å². The number of aliphatic hydroxyl groups excluding tert-OH is 1. The molecule has 4 rings (SSSR count). The zero-order chi connectivity index (χ0) is 60.4. The number of hydrogen-bond acceptors (Lipinski definition) is 20. The van der Waals surface area contributed by atoms with Crippen LogP contribution in [0.1, 0.15) is 79.0 Å². The molecule has 0 radical (unpaired) electrons. The summed E-state index contributed by atoms with van der Waals surface area (Å²) in [5, 5.41) is 18.1. The SMILES string of the molecule is COCCO[C@@H]1[C@H](O)[C@@H]([C@H](OCC(C)C)[C@H](N=[N+]=[N-])P(C)(C)=O)O[C@H]1n1cc(C)c(=O)[nH]c1=O.[C-]#[N+]CCOP(O[C@@H]1[C@@H]([C@H](OCC(C)C)[C@H](NC)P(C)(C)=O)O[C@@H](n2cc(C)c(=O)[nH]c2=O)[C@@H]1OCCOC)N(C(C)C)C(C)C. The summed E-state index contributed by atoms with van der Waals surface area (Å²) in [6.45, 7) is 34.2. The molecular formula is C50H89N10O17P3. The average Bonchev–Trinajstić information content (AvgIpc) is 3.87. The van der Waals surface area contributed by atoms with E-state index in [0.29, 0.717) is 12.2 Å². The number of methoxy groups -OCH3 is 2. The van der Waals surface area contributed by atoms with Crippen molar-refractivity contribution in [3.8, 4) is 0 Å². The average molecular weight is 1200 g/mol. The Morgan fingerprint density at radius 3 is 1.66 bits per heavy atom. The Bertz CT molecular complexity index is 2660. The molecule has 13 atom stereocenters. The molecule has 1 unspecified atom stereocenters. The fourth-order valence-corrected chi connectivity index (χ4v) is 13.6. The van der Waals surface area contributed by atoms with Gasteiger partial charge in [0, 0.05) is 67.9 Å². The predicted molar refractivity (Wildman–Crippen MR) is 304 cm³/mol. The van der Waals surface area contributed by atoms with Crippen LogP contribution in [0.5, 0.6) is 0 Å². The number of aromatic amines is 2. The molecule has 27 nitrogen and oxygen atoms in total. The summed E-state index contributed by atoms with van der Waals surface area (Å²) >= 11 is 0. The fraction of sp³-hybridized carbons (Fsp3) is 0.820. The molecule has 4 N–H and O–H groups in total. The van der Waals surface area contributed by atoms with Crippen molar-refractivity contribution in [2.75, 3.05) is 101 Å². The quantitative estimate of drug-likeness (QED) is 0.0185. The first-order valence-corrected chi connectivity index (χ1v) is 33.1. The molecule has 2 aromatic rings. The monoisotopic (exact) mass is 1190 g/mol. The summed E-state index contributed by atoms with van der Waals surface area (Å²) in [7, 11) is -2.95. The van der Waals surface area contributed by atoms with Crippen molar-refractivity contribution in [2.24, 2.45) is 17.0 Å². The highest BCUT2D eigenvalue weighted by atomic mass is 31.2. The number of nitrogens with one attached hydrogen (secondary N) is 3. The molecule has 456 valence electrons. The maximum absolute atomic E-state index is 13.7. The van der Waals surface area contributed by atoms with E-state index >= 15 is 0 Å². The summed E-state index contributed by atoms with van der Waals surface area (Å²) in [6.07, 6.45) is -7.63. The normalized spacial score (nSPS) is 23.5. The van der Waals surface area contributed by atoms with Gasteiger partial charge in [-0.1, -0.05) is 32.8 Å². The van der Waals surface area contributed by atoms with Crippen LogP contribution in [-0.2, 0) is 56.1 Å². The van der Waals surface area contributed by atoms with Crippen LogP contribution >= 0.6 is 22.8 Å². The number of rotatable bonds is 32. The zero-order valence-corrected chi connectivity index (χ0v) is 52.2. The maximum Gasteiger partial charge on any atom is 0.330 e. The van der Waals surface area contributed by atoms with E-state index in [1.54, 1.807) is 34.4 Å². The molecule has 0 saturated carbocycles. The lowest BCUT2D eigenvalue weighted by Crippen LogP contribution is -2.52. The number of aryl methyl sites for hydroxylation is 2. The van der Waals surface area contributed by atoms with Crippen LogP contribution in [0, 0.1) is 32.3 Å². The first-order chi connectivity index (χ1) is 37.5. The first-order valence-electron chi connectivity index (χ1n) is 26.6. The number of H-pyrrole nitrogens is 2. The second kappa shape index (κ2) is 33.1. The molecule has 2 saturated heterocycles. The molecule has 2 fully saturated rings. The lowest BCUT2D eigenvalue weighted by atomic mass is 10.0. The summed E-state index contributed by atoms with van der Waals surface area (Å²) < 4.78 is 92.2. The molecule has 0 amide bonds. The first kappa shape index (κ1) is 70.8. The lowest BCUT2D eigenvalue weighted by Gasteiger charge is -2.40. The minimum Gasteiger partial charge on any atom is -0.387 e. The third kappa shape index (κ3) is 19.8. The number of aliphatic hydroxyl groups is 1. The van der Waals surface area contributed by atoms with Crippen molar-refractivity contribution < 1.29 is 61.2 Å². The van der Waals surface area contributed by atoms with Gasteiger partial charge in [-0.15, -0.1) is 0 Å². The van der Waals surface area contributed by atoms with Crippen LogP contribution in [0.3, 0.4) is 0 Å². The Labute approximate surface area is 470 Å². The van der Waals surface area contributed by atoms with Crippen molar-refractivity contribution >= 4 is 22.8 Å². The molecule has 2 aliphatic rings. The second-order valence-electron chi connectivity index (χ2n) is 21.8. The van der Waals surface area contributed by atoms with E-state index in [1.807, 2.05) is 55.4 Å². The van der Waals surface area contributed by atoms with E-state index in [9.17, 15) is 33.4 Å². The van der Waals surface area contributed by atoms with E-state index in [0.717, 1.165) is 4.57 Å². The molecule has 4 heterocycles. The molecule has 30 heteroatoms. The number of nitrogens with zero attached hydrogens (tertiary/aromatic N) is 7. The van der Waals surface area contributed by atoms with Gasteiger partial charge in [-0.2, -0.15) is 0 Å². The second-order valence-corrected chi connectivity index (χ2v) is 30.0. The van der Waals surface area contributed by atoms with Crippen molar-refractivity contribution in [1.29, 1.82) is 0 Å². The van der Waals surface area contributed by atoms with Crippen molar-refractivity contribution in [2.45, 2.75) is 154 Å². The summed E-state index contributed by atoms with van der Waals surface area (Å²) in [4.78, 5) is 60.8. The Hall–Kier alpha value is -3.47. The van der Waals surface area contributed by atoms with Gasteiger partial charge in [0.05, 0.1) is 39.4 Å². The van der Waals surface area contributed by atoms with E-state index < -0.39 is 118 Å². The van der Waals surface area contributed by atoms with Crippen LogP contribution < -0.4 is 27.8 Å². The van der Waals surface area contributed by atoms with Crippen LogP contribution in [0.4, 0.5) is 0 Å². The summed E-state index contributed by atoms with van der Waals surface area (Å²) in [5.74, 6) is -1.55. The van der Waals surface area contributed by atoms with Crippen molar-refractivity contribution in [3.05, 3.63) is 87.1 Å². The van der Waals surface area contributed by atoms with Crippen molar-refractivity contribution in [3.63, 3.8) is 0 Å². The van der Waals surface area contributed by atoms with Crippen LogP contribution in [-0.4, -0.2) is 202 Å². The number of aromatic nitrogens is 4. The van der Waals surface area contributed by atoms with Crippen LogP contribution in [0.25, 0.3) is 15.3 Å². The largest absolute Gasteiger partial charge is 0.387 e. The number of likely N-dealkylation sites (N-methyl/N-ethyl adjacent to an activating group) is 1. The van der Waals surface area contributed by atoms with E-state index in [4.69, 9.17) is 59.0 Å². The molecule has 0 aliphatic carbocycles. The highest BCUT2D eigenvalue weighted by molar-refractivity contribution is 7.63. The summed E-state index contributed by atoms with van der Waals surface area (Å²) in [5.41, 5.74) is 7.19. The Balaban J connectivity index is 0.000000439. The Kier molecular flexibility index (Phi) is 29.3. The standard InChI is InChI=1S/C30H55N5O9P2.C20H34N5O8P/c1-19(2)18-41-25(28(32-9)46(11,12)38)23-24(44-45(42-14-13-31-8)35(20(3)4)21(5)6)26(40-16-15-39-10)29(43-23)34-17-22(7)27(36)33-30(34)37;1-11(2)10-32-16(18(23-24-21)34(5,6)29)14-13(26)15(31-8-7-30-4)19(33-14)25-9-12(3)17(27)22-20(25)28/h17,19-21,23-26,28-29,32H,13-16,18H2,1-7,9-12H3,(H,33,36,37);9,11,13-16,18-19,26H,7-8,10H2,1-6H3,(H,22,27,28)/t23-,24+,25-,26+,28+,29+,45?;13-,14+,15-,16+,18-,19-/m01/s1. The fourth-order valence-electron chi connectivity index (χ4n) is 9.03.